The molecule has 2 unspecified atom stereocenters. The third kappa shape index (κ3) is 9.16. The zero-order chi connectivity index (χ0) is 24.3. The second-order valence-electron chi connectivity index (χ2n) is 7.35. The number of amides is 2. The Bertz CT molecular complexity index is 794. The van der Waals surface area contributed by atoms with Gasteiger partial charge in [0.1, 0.15) is 12.1 Å². The van der Waals surface area contributed by atoms with Crippen LogP contribution in [0.3, 0.4) is 0 Å². The molecule has 1 heterocycles. The highest BCUT2D eigenvalue weighted by atomic mass is 16.5. The van der Waals surface area contributed by atoms with Crippen LogP contribution in [0, 0.1) is 5.92 Å². The van der Waals surface area contributed by atoms with Crippen molar-refractivity contribution in [2.24, 2.45) is 28.1 Å². The van der Waals surface area contributed by atoms with Crippen LogP contribution in [-0.2, 0) is 9.59 Å². The molecule has 0 saturated carbocycles. The van der Waals surface area contributed by atoms with E-state index >= 15 is 0 Å². The number of urea groups is 1. The Balaban J connectivity index is 2.93. The quantitative estimate of drug-likeness (QED) is 0.110. The second kappa shape index (κ2) is 13.1. The first-order valence-corrected chi connectivity index (χ1v) is 10.2. The molecule has 0 saturated heterocycles. The van der Waals surface area contributed by atoms with Crippen LogP contribution < -0.4 is 27.8 Å². The molecule has 0 aliphatic rings. The minimum absolute atomic E-state index is 0.0426. The molecule has 0 radical (unpaired) electrons. The standard InChI is InChI=1S/C18H32N8O6/c1-3-9(2)13(16(29)30)24-18(31)23-11(5-4-8-22-17(20)21)15-25-14(26-32-15)10(19)6-7-12(27)28/h9-11,13H,3-8,19H2,1-2H3,(H,27,28)(H,29,30)(H4,20,21,22)(H2,23,24,31)/t9?,10-,11-,13?/m0/s1. The van der Waals surface area contributed by atoms with Gasteiger partial charge in [-0.25, -0.2) is 9.59 Å². The first kappa shape index (κ1) is 26.6. The van der Waals surface area contributed by atoms with Gasteiger partial charge in [-0.1, -0.05) is 25.4 Å². The number of nitrogens with one attached hydrogen (secondary N) is 2. The molecule has 0 fully saturated rings. The minimum Gasteiger partial charge on any atom is -0.481 e. The SMILES string of the molecule is CCC(C)C(NC(=O)N[C@@H](CCCN=C(N)N)c1nc([C@@H](N)CCC(=O)O)no1)C(=O)O. The lowest BCUT2D eigenvalue weighted by molar-refractivity contribution is -0.140. The van der Waals surface area contributed by atoms with Crippen LogP contribution >= 0.6 is 0 Å². The summed E-state index contributed by atoms with van der Waals surface area (Å²) >= 11 is 0. The maximum absolute atomic E-state index is 12.5. The molecule has 4 atom stereocenters. The van der Waals surface area contributed by atoms with Crippen molar-refractivity contribution in [3.8, 4) is 0 Å². The summed E-state index contributed by atoms with van der Waals surface area (Å²) < 4.78 is 5.22. The van der Waals surface area contributed by atoms with Gasteiger partial charge in [0, 0.05) is 13.0 Å². The van der Waals surface area contributed by atoms with E-state index in [1.165, 1.54) is 0 Å². The van der Waals surface area contributed by atoms with E-state index in [1.54, 1.807) is 6.92 Å². The van der Waals surface area contributed by atoms with Gasteiger partial charge in [-0.05, 0) is 25.2 Å². The van der Waals surface area contributed by atoms with Crippen LogP contribution in [0.2, 0.25) is 0 Å². The van der Waals surface area contributed by atoms with Crippen molar-refractivity contribution in [2.75, 3.05) is 6.54 Å². The van der Waals surface area contributed by atoms with Gasteiger partial charge < -0.3 is 42.6 Å². The molecule has 0 aromatic carbocycles. The highest BCUT2D eigenvalue weighted by molar-refractivity contribution is 5.82. The number of rotatable bonds is 14. The summed E-state index contributed by atoms with van der Waals surface area (Å²) in [5.74, 6) is -2.38. The number of nitrogens with zero attached hydrogens (tertiary/aromatic N) is 3. The molecule has 14 nitrogen and oxygen atoms in total. The van der Waals surface area contributed by atoms with E-state index in [-0.39, 0.29) is 43.0 Å². The molecule has 32 heavy (non-hydrogen) atoms. The molecular weight excluding hydrogens is 424 g/mol. The predicted octanol–water partition coefficient (Wildman–Crippen LogP) is -0.173. The topological polar surface area (TPSA) is 245 Å². The van der Waals surface area contributed by atoms with Gasteiger partial charge in [0.25, 0.3) is 0 Å². The van der Waals surface area contributed by atoms with Crippen LogP contribution in [0.5, 0.6) is 0 Å². The maximum atomic E-state index is 12.5. The Hall–Kier alpha value is -3.42. The minimum atomic E-state index is -1.15. The number of carboxylic acid groups (broad SMARTS) is 2. The van der Waals surface area contributed by atoms with Gasteiger partial charge in [-0.15, -0.1) is 0 Å². The highest BCUT2D eigenvalue weighted by Gasteiger charge is 2.28. The summed E-state index contributed by atoms with van der Waals surface area (Å²) in [5, 5.41) is 27.0. The molecule has 14 heteroatoms. The monoisotopic (exact) mass is 456 g/mol. The van der Waals surface area contributed by atoms with E-state index in [2.05, 4.69) is 25.8 Å². The van der Waals surface area contributed by atoms with Crippen LogP contribution in [0.25, 0.3) is 0 Å². The number of hydrogen-bond donors (Lipinski definition) is 7. The van der Waals surface area contributed by atoms with Gasteiger partial charge in [-0.3, -0.25) is 9.79 Å². The Kier molecular flexibility index (Phi) is 10.9. The summed E-state index contributed by atoms with van der Waals surface area (Å²) in [4.78, 5) is 42.7. The molecule has 0 aliphatic carbocycles. The van der Waals surface area contributed by atoms with Gasteiger partial charge in [0.2, 0.25) is 5.89 Å². The number of aliphatic carboxylic acids is 2. The Morgan fingerprint density at radius 1 is 1.19 bits per heavy atom. The van der Waals surface area contributed by atoms with E-state index in [4.69, 9.17) is 26.8 Å². The van der Waals surface area contributed by atoms with Crippen LogP contribution in [0.1, 0.15) is 69.8 Å². The van der Waals surface area contributed by atoms with Gasteiger partial charge in [0.15, 0.2) is 11.8 Å². The largest absolute Gasteiger partial charge is 0.481 e. The normalized spacial score (nSPS) is 14.6. The highest BCUT2D eigenvalue weighted by Crippen LogP contribution is 2.20. The Morgan fingerprint density at radius 3 is 2.44 bits per heavy atom. The average Bonchev–Trinajstić information content (AvgIpc) is 3.21. The van der Waals surface area contributed by atoms with Crippen LogP contribution in [-0.4, -0.2) is 56.9 Å². The van der Waals surface area contributed by atoms with Crippen molar-refractivity contribution in [1.29, 1.82) is 0 Å². The van der Waals surface area contributed by atoms with Crippen LogP contribution in [0.4, 0.5) is 4.79 Å². The molecule has 10 N–H and O–H groups in total. The van der Waals surface area contributed by atoms with E-state index in [0.29, 0.717) is 19.3 Å². The number of aliphatic imine (C=N–C) groups is 1. The van der Waals surface area contributed by atoms with E-state index in [1.807, 2.05) is 6.92 Å². The molecule has 2 amide bonds. The third-order valence-corrected chi connectivity index (χ3v) is 4.77. The van der Waals surface area contributed by atoms with Gasteiger partial charge in [-0.2, -0.15) is 4.98 Å². The summed E-state index contributed by atoms with van der Waals surface area (Å²) in [6.07, 6.45) is 1.24. The summed E-state index contributed by atoms with van der Waals surface area (Å²) in [7, 11) is 0. The number of carbonyl (C=O) groups is 3. The van der Waals surface area contributed by atoms with Gasteiger partial charge in [0.05, 0.1) is 6.04 Å². The summed E-state index contributed by atoms with van der Waals surface area (Å²) in [6, 6.07) is -3.34. The number of guanidine groups is 1. The van der Waals surface area contributed by atoms with E-state index in [9.17, 15) is 19.5 Å². The fourth-order valence-corrected chi connectivity index (χ4v) is 2.73. The Labute approximate surface area is 185 Å². The number of carbonyl (C=O) groups excluding carboxylic acids is 1. The van der Waals surface area contributed by atoms with Crippen molar-refractivity contribution in [3.05, 3.63) is 11.7 Å². The van der Waals surface area contributed by atoms with Crippen molar-refractivity contribution < 1.29 is 29.1 Å². The molecule has 0 bridgehead atoms. The fourth-order valence-electron chi connectivity index (χ4n) is 2.73. The zero-order valence-electron chi connectivity index (χ0n) is 18.2. The van der Waals surface area contributed by atoms with E-state index < -0.39 is 36.1 Å². The molecule has 1 rings (SSSR count). The van der Waals surface area contributed by atoms with E-state index in [0.717, 1.165) is 0 Å². The molecule has 1 aromatic rings. The summed E-state index contributed by atoms with van der Waals surface area (Å²) in [5.41, 5.74) is 16.5. The lowest BCUT2D eigenvalue weighted by Gasteiger charge is -2.22. The second-order valence-corrected chi connectivity index (χ2v) is 7.35. The number of aromatic nitrogens is 2. The zero-order valence-corrected chi connectivity index (χ0v) is 18.2. The summed E-state index contributed by atoms with van der Waals surface area (Å²) in [6.45, 7) is 3.82. The average molecular weight is 457 g/mol. The molecule has 180 valence electrons. The number of carboxylic acids is 2. The number of hydrogen-bond acceptors (Lipinski definition) is 8. The molecule has 1 aromatic heterocycles. The van der Waals surface area contributed by atoms with Crippen molar-refractivity contribution in [1.82, 2.24) is 20.8 Å². The number of nitrogens with two attached hydrogens (primary N) is 3. The first-order chi connectivity index (χ1) is 15.0. The predicted molar refractivity (Wildman–Crippen MR) is 113 cm³/mol. The molecular formula is C18H32N8O6. The first-order valence-electron chi connectivity index (χ1n) is 10.2. The van der Waals surface area contributed by atoms with Crippen molar-refractivity contribution >= 4 is 23.9 Å². The van der Waals surface area contributed by atoms with Crippen LogP contribution in [0.15, 0.2) is 9.52 Å². The lowest BCUT2D eigenvalue weighted by atomic mass is 9.99. The maximum Gasteiger partial charge on any atom is 0.326 e. The van der Waals surface area contributed by atoms with Crippen molar-refractivity contribution in [2.45, 2.75) is 64.1 Å². The third-order valence-electron chi connectivity index (χ3n) is 4.77. The lowest BCUT2D eigenvalue weighted by Crippen LogP contribution is -2.49. The Morgan fingerprint density at radius 2 is 1.88 bits per heavy atom. The molecule has 0 aliphatic heterocycles. The van der Waals surface area contributed by atoms with Gasteiger partial charge >= 0.3 is 18.0 Å². The van der Waals surface area contributed by atoms with Crippen molar-refractivity contribution in [3.63, 3.8) is 0 Å². The molecule has 0 spiro atoms. The fraction of sp³-hybridized carbons (Fsp3) is 0.667. The smallest absolute Gasteiger partial charge is 0.326 e.